The van der Waals surface area contributed by atoms with Crippen LogP contribution in [0.5, 0.6) is 0 Å². The summed E-state index contributed by atoms with van der Waals surface area (Å²) in [5.41, 5.74) is 2.82. The first-order valence-electron chi connectivity index (χ1n) is 8.81. The number of carbonyl (C=O) groups is 1. The smallest absolute Gasteiger partial charge is 0.253 e. The van der Waals surface area contributed by atoms with Crippen molar-refractivity contribution in [3.8, 4) is 0 Å². The minimum atomic E-state index is -2.63. The summed E-state index contributed by atoms with van der Waals surface area (Å²) in [6.45, 7) is 1.76. The van der Waals surface area contributed by atoms with E-state index in [4.69, 9.17) is 0 Å². The molecule has 1 aromatic carbocycles. The van der Waals surface area contributed by atoms with E-state index < -0.39 is 5.92 Å². The van der Waals surface area contributed by atoms with E-state index in [2.05, 4.69) is 10.3 Å². The highest BCUT2D eigenvalue weighted by Gasteiger charge is 2.31. The van der Waals surface area contributed by atoms with Crippen molar-refractivity contribution in [1.82, 2.24) is 10.3 Å². The molecule has 3 rings (SSSR count). The standard InChI is InChI=1S/C20H22F2N2O2/c1-2-16(12-25)24-19(26)15-10-14-4-3-5-17(18(14)23-11-15)13-6-8-20(21,22)9-7-13/h3-6,10-11,16,25H,2,7-9,12H2,1H3,(H,24,26). The second kappa shape index (κ2) is 7.50. The quantitative estimate of drug-likeness (QED) is 0.849. The van der Waals surface area contributed by atoms with Gasteiger partial charge in [0.1, 0.15) is 0 Å². The van der Waals surface area contributed by atoms with Gasteiger partial charge in [0.2, 0.25) is 0 Å². The Balaban J connectivity index is 1.91. The highest BCUT2D eigenvalue weighted by atomic mass is 19.3. The van der Waals surface area contributed by atoms with Crippen LogP contribution in [0.25, 0.3) is 16.5 Å². The number of pyridine rings is 1. The van der Waals surface area contributed by atoms with Crippen LogP contribution >= 0.6 is 0 Å². The number of rotatable bonds is 5. The van der Waals surface area contributed by atoms with Crippen molar-refractivity contribution in [1.29, 1.82) is 0 Å². The molecular formula is C20H22F2N2O2. The maximum Gasteiger partial charge on any atom is 0.253 e. The first-order valence-corrected chi connectivity index (χ1v) is 8.81. The second-order valence-electron chi connectivity index (χ2n) is 6.65. The molecule has 1 aromatic heterocycles. The minimum absolute atomic E-state index is 0.119. The van der Waals surface area contributed by atoms with Gasteiger partial charge in [-0.25, -0.2) is 8.78 Å². The minimum Gasteiger partial charge on any atom is -0.394 e. The number of nitrogens with zero attached hydrogens (tertiary/aromatic N) is 1. The van der Waals surface area contributed by atoms with E-state index in [-0.39, 0.29) is 31.4 Å². The lowest BCUT2D eigenvalue weighted by atomic mass is 9.90. The van der Waals surface area contributed by atoms with Gasteiger partial charge in [-0.1, -0.05) is 31.2 Å². The predicted molar refractivity (Wildman–Crippen MR) is 97.1 cm³/mol. The van der Waals surface area contributed by atoms with Crippen LogP contribution < -0.4 is 5.32 Å². The largest absolute Gasteiger partial charge is 0.394 e. The van der Waals surface area contributed by atoms with Gasteiger partial charge in [-0.05, 0) is 24.5 Å². The molecule has 0 spiro atoms. The van der Waals surface area contributed by atoms with Gasteiger partial charge in [-0.2, -0.15) is 0 Å². The molecule has 26 heavy (non-hydrogen) atoms. The van der Waals surface area contributed by atoms with E-state index in [0.29, 0.717) is 23.9 Å². The highest BCUT2D eigenvalue weighted by Crippen LogP contribution is 2.37. The van der Waals surface area contributed by atoms with Gasteiger partial charge < -0.3 is 10.4 Å². The average molecular weight is 360 g/mol. The zero-order valence-electron chi connectivity index (χ0n) is 14.6. The molecule has 1 aliphatic carbocycles. The molecule has 4 nitrogen and oxygen atoms in total. The fraction of sp³-hybridized carbons (Fsp3) is 0.400. The Labute approximate surface area is 150 Å². The molecule has 2 N–H and O–H groups in total. The van der Waals surface area contributed by atoms with E-state index >= 15 is 0 Å². The first-order chi connectivity index (χ1) is 12.4. The van der Waals surface area contributed by atoms with E-state index in [1.165, 1.54) is 6.20 Å². The normalized spacial score (nSPS) is 17.6. The zero-order valence-corrected chi connectivity index (χ0v) is 14.6. The molecule has 6 heteroatoms. The molecule has 0 fully saturated rings. The number of hydrogen-bond donors (Lipinski definition) is 2. The number of aliphatic hydroxyl groups is 1. The number of para-hydroxylation sites is 1. The van der Waals surface area contributed by atoms with Gasteiger partial charge in [0.15, 0.2) is 0 Å². The van der Waals surface area contributed by atoms with Crippen molar-refractivity contribution in [2.24, 2.45) is 0 Å². The van der Waals surface area contributed by atoms with E-state index in [0.717, 1.165) is 16.5 Å². The van der Waals surface area contributed by atoms with Crippen molar-refractivity contribution < 1.29 is 18.7 Å². The predicted octanol–water partition coefficient (Wildman–Crippen LogP) is 3.94. The molecule has 1 atom stereocenters. The Morgan fingerprint density at radius 1 is 1.42 bits per heavy atom. The second-order valence-corrected chi connectivity index (χ2v) is 6.65. The Kier molecular flexibility index (Phi) is 5.32. The van der Waals surface area contributed by atoms with Gasteiger partial charge in [0.05, 0.1) is 23.7 Å². The Bertz CT molecular complexity index is 845. The maximum atomic E-state index is 13.4. The molecule has 138 valence electrons. The topological polar surface area (TPSA) is 62.2 Å². The number of allylic oxidation sites excluding steroid dienone is 2. The molecule has 1 unspecified atom stereocenters. The molecule has 0 bridgehead atoms. The monoisotopic (exact) mass is 360 g/mol. The third kappa shape index (κ3) is 3.90. The van der Waals surface area contributed by atoms with Gasteiger partial charge >= 0.3 is 0 Å². The molecule has 1 aliphatic rings. The summed E-state index contributed by atoms with van der Waals surface area (Å²) in [6.07, 6.45) is 3.61. The van der Waals surface area contributed by atoms with Crippen molar-refractivity contribution >= 4 is 22.4 Å². The Hall–Kier alpha value is -2.34. The van der Waals surface area contributed by atoms with E-state index in [9.17, 15) is 18.7 Å². The fourth-order valence-electron chi connectivity index (χ4n) is 3.13. The summed E-state index contributed by atoms with van der Waals surface area (Å²) in [5.74, 6) is -2.92. The van der Waals surface area contributed by atoms with Gasteiger partial charge in [-0.15, -0.1) is 0 Å². The first kappa shape index (κ1) is 18.5. The number of fused-ring (bicyclic) bond motifs is 1. The highest BCUT2D eigenvalue weighted by molar-refractivity contribution is 5.99. The number of aliphatic hydroxyl groups excluding tert-OH is 1. The van der Waals surface area contributed by atoms with Crippen LogP contribution in [-0.2, 0) is 0 Å². The van der Waals surface area contributed by atoms with Gasteiger partial charge in [0.25, 0.3) is 11.8 Å². The lowest BCUT2D eigenvalue weighted by molar-refractivity contribution is -0.00602. The van der Waals surface area contributed by atoms with Crippen molar-refractivity contribution in [3.05, 3.63) is 47.7 Å². The number of nitrogens with one attached hydrogen (secondary N) is 1. The SMILES string of the molecule is CCC(CO)NC(=O)c1cnc2c(C3=CCC(F)(F)CC3)cccc2c1. The average Bonchev–Trinajstić information content (AvgIpc) is 2.65. The van der Waals surface area contributed by atoms with Crippen LogP contribution in [0.1, 0.15) is 48.5 Å². The molecule has 1 heterocycles. The van der Waals surface area contributed by atoms with Crippen LogP contribution in [0.15, 0.2) is 36.5 Å². The summed E-state index contributed by atoms with van der Waals surface area (Å²) in [6, 6.07) is 7.02. The maximum absolute atomic E-state index is 13.4. The molecule has 2 aromatic rings. The van der Waals surface area contributed by atoms with Crippen LogP contribution in [0, 0.1) is 0 Å². The Morgan fingerprint density at radius 3 is 2.88 bits per heavy atom. The number of carbonyl (C=O) groups excluding carboxylic acids is 1. The number of benzene rings is 1. The van der Waals surface area contributed by atoms with Gasteiger partial charge in [0, 0.05) is 30.0 Å². The van der Waals surface area contributed by atoms with Crippen LogP contribution in [0.2, 0.25) is 0 Å². The van der Waals surface area contributed by atoms with E-state index in [1.54, 1.807) is 12.1 Å². The summed E-state index contributed by atoms with van der Waals surface area (Å²) in [7, 11) is 0. The number of amides is 1. The summed E-state index contributed by atoms with van der Waals surface area (Å²) in [4.78, 5) is 16.7. The lowest BCUT2D eigenvalue weighted by Gasteiger charge is -2.22. The number of halogens is 2. The summed E-state index contributed by atoms with van der Waals surface area (Å²) < 4.78 is 26.8. The van der Waals surface area contributed by atoms with Crippen molar-refractivity contribution in [2.75, 3.05) is 6.61 Å². The zero-order chi connectivity index (χ0) is 18.7. The fourth-order valence-corrected chi connectivity index (χ4v) is 3.13. The van der Waals surface area contributed by atoms with Crippen LogP contribution in [-0.4, -0.2) is 34.6 Å². The molecule has 0 radical (unpaired) electrons. The summed E-state index contributed by atoms with van der Waals surface area (Å²) in [5, 5.41) is 12.8. The molecule has 1 amide bonds. The number of hydrogen-bond acceptors (Lipinski definition) is 3. The molecule has 0 saturated carbocycles. The third-order valence-corrected chi connectivity index (χ3v) is 4.77. The lowest BCUT2D eigenvalue weighted by Crippen LogP contribution is -2.36. The van der Waals surface area contributed by atoms with E-state index in [1.807, 2.05) is 25.1 Å². The third-order valence-electron chi connectivity index (χ3n) is 4.77. The van der Waals surface area contributed by atoms with Crippen molar-refractivity contribution in [2.45, 2.75) is 44.6 Å². The molecular weight excluding hydrogens is 338 g/mol. The number of aromatic nitrogens is 1. The van der Waals surface area contributed by atoms with Crippen molar-refractivity contribution in [3.63, 3.8) is 0 Å². The van der Waals surface area contributed by atoms with Gasteiger partial charge in [-0.3, -0.25) is 9.78 Å². The van der Waals surface area contributed by atoms with Crippen LogP contribution in [0.4, 0.5) is 8.78 Å². The molecule has 0 saturated heterocycles. The molecule has 0 aliphatic heterocycles. The van der Waals surface area contributed by atoms with Crippen LogP contribution in [0.3, 0.4) is 0 Å². The Morgan fingerprint density at radius 2 is 2.23 bits per heavy atom. The summed E-state index contributed by atoms with van der Waals surface area (Å²) >= 11 is 0. The number of alkyl halides is 2.